The summed E-state index contributed by atoms with van der Waals surface area (Å²) in [6, 6.07) is 8.94. The third-order valence-electron chi connectivity index (χ3n) is 6.32. The van der Waals surface area contributed by atoms with Crippen molar-refractivity contribution in [2.75, 3.05) is 18.1 Å². The molecule has 4 nitrogen and oxygen atoms in total. The van der Waals surface area contributed by atoms with E-state index in [1.165, 1.54) is 35.4 Å². The number of carbonyl (C=O) groups excluding carboxylic acids is 1. The highest BCUT2D eigenvalue weighted by Gasteiger charge is 2.34. The molecule has 0 amide bonds. The van der Waals surface area contributed by atoms with Gasteiger partial charge in [-0.25, -0.2) is 4.79 Å². The summed E-state index contributed by atoms with van der Waals surface area (Å²) in [7, 11) is 0. The molecule has 1 heterocycles. The number of allylic oxidation sites excluding steroid dienone is 2. The molecule has 28 heavy (non-hydrogen) atoms. The highest BCUT2D eigenvalue weighted by molar-refractivity contribution is 5.89. The molecule has 1 N–H and O–H groups in total. The van der Waals surface area contributed by atoms with Crippen LogP contribution in [0.5, 0.6) is 0 Å². The smallest absolute Gasteiger partial charge is 0.335 e. The molecule has 1 aromatic rings. The second-order valence-corrected chi connectivity index (χ2v) is 7.94. The van der Waals surface area contributed by atoms with Gasteiger partial charge in [0.1, 0.15) is 0 Å². The van der Waals surface area contributed by atoms with Gasteiger partial charge in [-0.15, -0.1) is 0 Å². The Balaban J connectivity index is 1.75. The van der Waals surface area contributed by atoms with Crippen molar-refractivity contribution in [2.24, 2.45) is 0 Å². The number of para-hydroxylation sites is 1. The maximum Gasteiger partial charge on any atom is 0.335 e. The van der Waals surface area contributed by atoms with Crippen molar-refractivity contribution in [1.82, 2.24) is 5.32 Å². The second kappa shape index (κ2) is 8.42. The zero-order chi connectivity index (χ0) is 19.5. The lowest BCUT2D eigenvalue weighted by molar-refractivity contribution is -0.138. The Morgan fingerprint density at radius 1 is 1.07 bits per heavy atom. The van der Waals surface area contributed by atoms with Crippen LogP contribution in [-0.4, -0.2) is 19.1 Å². The normalized spacial score (nSPS) is 21.9. The highest BCUT2D eigenvalue weighted by atomic mass is 16.5. The van der Waals surface area contributed by atoms with E-state index in [4.69, 9.17) is 4.74 Å². The van der Waals surface area contributed by atoms with Gasteiger partial charge in [0, 0.05) is 29.2 Å². The fourth-order valence-electron chi connectivity index (χ4n) is 5.05. The standard InChI is InChI=1S/C24H32N2O2/c1-3-26-21-15-9-6-12-18(21)23(19-13-7-10-16-22(19)26)25-20-14-8-5-11-17(20)24(27)28-4-2/h6,9,12,15,23,25H,3-5,7-8,10-11,13-14,16H2,1-2H3. The van der Waals surface area contributed by atoms with Crippen LogP contribution in [-0.2, 0) is 9.53 Å². The zero-order valence-electron chi connectivity index (χ0n) is 17.2. The minimum atomic E-state index is -0.137. The number of hydrogen-bond acceptors (Lipinski definition) is 4. The lowest BCUT2D eigenvalue weighted by Crippen LogP contribution is -2.37. The third-order valence-corrected chi connectivity index (χ3v) is 6.32. The number of ether oxygens (including phenoxy) is 1. The molecular formula is C24H32N2O2. The minimum Gasteiger partial charge on any atom is -0.463 e. The van der Waals surface area contributed by atoms with Crippen LogP contribution in [0.4, 0.5) is 5.69 Å². The van der Waals surface area contributed by atoms with Crippen molar-refractivity contribution in [2.45, 2.75) is 71.3 Å². The molecule has 0 aromatic heterocycles. The lowest BCUT2D eigenvalue weighted by atomic mass is 9.82. The SMILES string of the molecule is CCOC(=O)C1=C(NC2C3=C(CCCC3)N(CC)c3ccccc32)CCCC1. The van der Waals surface area contributed by atoms with Gasteiger partial charge >= 0.3 is 5.97 Å². The Kier molecular flexibility index (Phi) is 5.74. The number of hydrogen-bond donors (Lipinski definition) is 1. The summed E-state index contributed by atoms with van der Waals surface area (Å²) < 4.78 is 5.35. The van der Waals surface area contributed by atoms with Crippen molar-refractivity contribution in [3.05, 3.63) is 52.4 Å². The largest absolute Gasteiger partial charge is 0.463 e. The minimum absolute atomic E-state index is 0.137. The number of nitrogens with zero attached hydrogens (tertiary/aromatic N) is 1. The van der Waals surface area contributed by atoms with Crippen LogP contribution in [0.2, 0.25) is 0 Å². The highest BCUT2D eigenvalue weighted by Crippen LogP contribution is 2.46. The molecule has 0 bridgehead atoms. The molecule has 3 aliphatic rings. The summed E-state index contributed by atoms with van der Waals surface area (Å²) in [6.07, 6.45) is 8.76. The molecule has 1 unspecified atom stereocenters. The van der Waals surface area contributed by atoms with Gasteiger partial charge in [-0.1, -0.05) is 18.2 Å². The molecule has 1 aliphatic heterocycles. The molecule has 1 aromatic carbocycles. The molecule has 0 radical (unpaired) electrons. The second-order valence-electron chi connectivity index (χ2n) is 7.94. The molecule has 1 atom stereocenters. The van der Waals surface area contributed by atoms with E-state index >= 15 is 0 Å². The summed E-state index contributed by atoms with van der Waals surface area (Å²) in [6.45, 7) is 5.55. The number of benzene rings is 1. The Morgan fingerprint density at radius 2 is 1.82 bits per heavy atom. The quantitative estimate of drug-likeness (QED) is 0.697. The van der Waals surface area contributed by atoms with Crippen molar-refractivity contribution in [3.63, 3.8) is 0 Å². The third kappa shape index (κ3) is 3.45. The molecular weight excluding hydrogens is 348 g/mol. The summed E-state index contributed by atoms with van der Waals surface area (Å²) in [5.41, 5.74) is 7.64. The molecule has 150 valence electrons. The van der Waals surface area contributed by atoms with Gasteiger partial charge in [0.2, 0.25) is 0 Å². The van der Waals surface area contributed by atoms with Crippen molar-refractivity contribution >= 4 is 11.7 Å². The van der Waals surface area contributed by atoms with Gasteiger partial charge in [0.25, 0.3) is 0 Å². The maximum atomic E-state index is 12.5. The first-order valence-corrected chi connectivity index (χ1v) is 11.0. The first-order valence-electron chi connectivity index (χ1n) is 11.0. The molecule has 4 rings (SSSR count). The van der Waals surface area contributed by atoms with E-state index in [1.54, 1.807) is 0 Å². The first-order chi connectivity index (χ1) is 13.7. The van der Waals surface area contributed by atoms with Crippen molar-refractivity contribution in [3.8, 4) is 0 Å². The summed E-state index contributed by atoms with van der Waals surface area (Å²) >= 11 is 0. The van der Waals surface area contributed by atoms with Crippen LogP contribution in [0.3, 0.4) is 0 Å². The van der Waals surface area contributed by atoms with Crippen molar-refractivity contribution in [1.29, 1.82) is 0 Å². The fourth-order valence-corrected chi connectivity index (χ4v) is 5.05. The van der Waals surface area contributed by atoms with Crippen LogP contribution in [0.25, 0.3) is 0 Å². The van der Waals surface area contributed by atoms with Crippen LogP contribution in [0.15, 0.2) is 46.8 Å². The first kappa shape index (κ1) is 19.1. The van der Waals surface area contributed by atoms with Crippen LogP contribution in [0, 0.1) is 0 Å². The molecule has 0 saturated carbocycles. The van der Waals surface area contributed by atoms with Crippen molar-refractivity contribution < 1.29 is 9.53 Å². The van der Waals surface area contributed by atoms with E-state index in [0.29, 0.717) is 6.61 Å². The molecule has 0 spiro atoms. The number of carbonyl (C=O) groups is 1. The van der Waals surface area contributed by atoms with Gasteiger partial charge in [0.05, 0.1) is 18.2 Å². The van der Waals surface area contributed by atoms with Crippen LogP contribution >= 0.6 is 0 Å². The molecule has 0 saturated heterocycles. The Labute approximate surface area is 168 Å². The predicted octanol–water partition coefficient (Wildman–Crippen LogP) is 5.38. The Hall–Kier alpha value is -2.23. The Morgan fingerprint density at radius 3 is 2.64 bits per heavy atom. The predicted molar refractivity (Wildman–Crippen MR) is 113 cm³/mol. The number of esters is 1. The monoisotopic (exact) mass is 380 g/mol. The van der Waals surface area contributed by atoms with E-state index in [1.807, 2.05) is 6.92 Å². The molecule has 4 heteroatoms. The Bertz CT molecular complexity index is 809. The van der Waals surface area contributed by atoms with Gasteiger partial charge < -0.3 is 15.0 Å². The van der Waals surface area contributed by atoms with Gasteiger partial charge in [-0.3, -0.25) is 0 Å². The van der Waals surface area contributed by atoms with Crippen LogP contribution in [0.1, 0.15) is 76.8 Å². The zero-order valence-corrected chi connectivity index (χ0v) is 17.2. The molecule has 2 aliphatic carbocycles. The number of rotatable bonds is 5. The lowest BCUT2D eigenvalue weighted by Gasteiger charge is -2.42. The van der Waals surface area contributed by atoms with Gasteiger partial charge in [0.15, 0.2) is 0 Å². The fraction of sp³-hybridized carbons (Fsp3) is 0.542. The number of anilines is 1. The van der Waals surface area contributed by atoms with Gasteiger partial charge in [-0.2, -0.15) is 0 Å². The van der Waals surface area contributed by atoms with E-state index in [0.717, 1.165) is 56.3 Å². The summed E-state index contributed by atoms with van der Waals surface area (Å²) in [5.74, 6) is -0.137. The maximum absolute atomic E-state index is 12.5. The average Bonchev–Trinajstić information content (AvgIpc) is 2.74. The van der Waals surface area contributed by atoms with Gasteiger partial charge in [-0.05, 0) is 76.9 Å². The van der Waals surface area contributed by atoms with Crippen LogP contribution < -0.4 is 10.2 Å². The number of nitrogens with one attached hydrogen (secondary N) is 1. The van der Waals surface area contributed by atoms with E-state index < -0.39 is 0 Å². The summed E-state index contributed by atoms with van der Waals surface area (Å²) in [4.78, 5) is 15.0. The van der Waals surface area contributed by atoms with E-state index in [2.05, 4.69) is 41.4 Å². The van der Waals surface area contributed by atoms with E-state index in [9.17, 15) is 4.79 Å². The molecule has 0 fully saturated rings. The average molecular weight is 381 g/mol. The summed E-state index contributed by atoms with van der Waals surface area (Å²) in [5, 5.41) is 3.84. The topological polar surface area (TPSA) is 41.6 Å². The number of fused-ring (bicyclic) bond motifs is 1. The van der Waals surface area contributed by atoms with E-state index in [-0.39, 0.29) is 12.0 Å².